The van der Waals surface area contributed by atoms with Gasteiger partial charge in [-0.05, 0) is 66.8 Å². The Labute approximate surface area is 197 Å². The number of ether oxygens (including phenoxy) is 2. The number of aryl methyl sites for hydroxylation is 1. The summed E-state index contributed by atoms with van der Waals surface area (Å²) in [6, 6.07) is 14.3. The number of halogens is 1. The number of hydrogen-bond donors (Lipinski definition) is 3. The Bertz CT molecular complexity index is 1140. The van der Waals surface area contributed by atoms with Crippen molar-refractivity contribution in [3.05, 3.63) is 82.1 Å². The first kappa shape index (κ1) is 23.0. The molecule has 0 spiro atoms. The Hall–Kier alpha value is -3.13. The zero-order chi connectivity index (χ0) is 23.4. The number of benzene rings is 2. The fraction of sp³-hybridized carbons (Fsp3) is 0.280. The molecule has 0 bridgehead atoms. The summed E-state index contributed by atoms with van der Waals surface area (Å²) in [6.07, 6.45) is 3.63. The maximum atomic E-state index is 11.5. The van der Waals surface area contributed by atoms with Gasteiger partial charge in [-0.3, -0.25) is 0 Å². The summed E-state index contributed by atoms with van der Waals surface area (Å²) >= 11 is 5.81. The molecule has 172 valence electrons. The molecular weight excluding hydrogens is 444 g/mol. The van der Waals surface area contributed by atoms with E-state index in [1.807, 2.05) is 12.1 Å². The van der Waals surface area contributed by atoms with Crippen LogP contribution in [0.1, 0.15) is 39.6 Å². The summed E-state index contributed by atoms with van der Waals surface area (Å²) in [6.45, 7) is 0.420. The fourth-order valence-electron chi connectivity index (χ4n) is 4.01. The lowest BCUT2D eigenvalue weighted by atomic mass is 9.88. The third-order valence-electron chi connectivity index (χ3n) is 5.78. The van der Waals surface area contributed by atoms with Crippen molar-refractivity contribution in [2.75, 3.05) is 13.7 Å². The highest BCUT2D eigenvalue weighted by Gasteiger charge is 2.21. The van der Waals surface area contributed by atoms with Crippen LogP contribution in [-0.2, 0) is 12.8 Å². The normalized spacial score (nSPS) is 16.0. The van der Waals surface area contributed by atoms with Crippen molar-refractivity contribution in [2.45, 2.75) is 31.4 Å². The standard InChI is InChI=1S/C25H25ClN2O5/c1-32-23-8-7-20(12-21(23)25(30)31)33-19-6-3-15-2-5-18(10-17(15)11-19)27-14-22(29)16-4-9-24(26)28-13-16/h3-4,6-9,11-13,18,22,27,29H,2,5,10,14H2,1H3,(H,30,31)/t18-,22+/m0/s1. The van der Waals surface area contributed by atoms with Crippen molar-refractivity contribution in [3.63, 3.8) is 0 Å². The molecule has 0 aliphatic heterocycles. The van der Waals surface area contributed by atoms with E-state index in [9.17, 15) is 15.0 Å². The van der Waals surface area contributed by atoms with Gasteiger partial charge in [0.05, 0.1) is 13.2 Å². The third kappa shape index (κ3) is 5.63. The van der Waals surface area contributed by atoms with Gasteiger partial charge in [0.25, 0.3) is 0 Å². The maximum absolute atomic E-state index is 11.5. The maximum Gasteiger partial charge on any atom is 0.339 e. The molecule has 0 saturated heterocycles. The average Bonchev–Trinajstić information content (AvgIpc) is 2.82. The molecule has 0 fully saturated rings. The van der Waals surface area contributed by atoms with Crippen molar-refractivity contribution >= 4 is 17.6 Å². The van der Waals surface area contributed by atoms with E-state index in [1.165, 1.54) is 24.3 Å². The lowest BCUT2D eigenvalue weighted by Gasteiger charge is -2.27. The van der Waals surface area contributed by atoms with E-state index < -0.39 is 12.1 Å². The van der Waals surface area contributed by atoms with Gasteiger partial charge in [-0.15, -0.1) is 0 Å². The van der Waals surface area contributed by atoms with E-state index in [4.69, 9.17) is 21.1 Å². The second kappa shape index (κ2) is 10.2. The van der Waals surface area contributed by atoms with Crippen LogP contribution in [0.4, 0.5) is 0 Å². The van der Waals surface area contributed by atoms with E-state index in [0.717, 1.165) is 24.8 Å². The molecule has 1 aliphatic rings. The Morgan fingerprint density at radius 2 is 1.97 bits per heavy atom. The minimum atomic E-state index is -1.08. The molecule has 8 heteroatoms. The van der Waals surface area contributed by atoms with Gasteiger partial charge in [-0.2, -0.15) is 0 Å². The SMILES string of the molecule is COc1ccc(Oc2ccc3c(c2)C[C@@H](NC[C@@H](O)c2ccc(Cl)nc2)CC3)cc1C(=O)O. The Balaban J connectivity index is 1.40. The zero-order valence-corrected chi connectivity index (χ0v) is 18.9. The van der Waals surface area contributed by atoms with Gasteiger partial charge in [0.1, 0.15) is 28.0 Å². The molecule has 1 heterocycles. The first-order chi connectivity index (χ1) is 15.9. The van der Waals surface area contributed by atoms with Gasteiger partial charge in [0, 0.05) is 24.3 Å². The minimum absolute atomic E-state index is 0.0478. The van der Waals surface area contributed by atoms with Gasteiger partial charge in [0.15, 0.2) is 0 Å². The highest BCUT2D eigenvalue weighted by Crippen LogP contribution is 2.31. The second-order valence-electron chi connectivity index (χ2n) is 7.98. The van der Waals surface area contributed by atoms with Gasteiger partial charge in [-0.1, -0.05) is 23.7 Å². The molecule has 1 aromatic heterocycles. The summed E-state index contributed by atoms with van der Waals surface area (Å²) in [5.41, 5.74) is 3.21. The molecule has 0 saturated carbocycles. The van der Waals surface area contributed by atoms with Gasteiger partial charge in [0.2, 0.25) is 0 Å². The predicted molar refractivity (Wildman–Crippen MR) is 124 cm³/mol. The van der Waals surface area contributed by atoms with Crippen LogP contribution in [0.3, 0.4) is 0 Å². The number of aromatic carboxylic acids is 1. The molecule has 7 nitrogen and oxygen atoms in total. The van der Waals surface area contributed by atoms with E-state index >= 15 is 0 Å². The van der Waals surface area contributed by atoms with Crippen LogP contribution in [0.25, 0.3) is 0 Å². The van der Waals surface area contributed by atoms with Crippen LogP contribution >= 0.6 is 11.6 Å². The number of carboxylic acids is 1. The van der Waals surface area contributed by atoms with Crippen LogP contribution in [0, 0.1) is 0 Å². The summed E-state index contributed by atoms with van der Waals surface area (Å²) in [5, 5.41) is 23.7. The number of nitrogens with zero attached hydrogens (tertiary/aromatic N) is 1. The number of carbonyl (C=O) groups is 1. The minimum Gasteiger partial charge on any atom is -0.496 e. The Morgan fingerprint density at radius 3 is 2.70 bits per heavy atom. The third-order valence-corrected chi connectivity index (χ3v) is 6.00. The number of nitrogens with one attached hydrogen (secondary N) is 1. The lowest BCUT2D eigenvalue weighted by molar-refractivity contribution is 0.0693. The highest BCUT2D eigenvalue weighted by molar-refractivity contribution is 6.29. The molecule has 2 atom stereocenters. The van der Waals surface area contributed by atoms with Crippen LogP contribution in [0.2, 0.25) is 5.15 Å². The molecule has 0 radical (unpaired) electrons. The van der Waals surface area contributed by atoms with Crippen LogP contribution in [0.15, 0.2) is 54.7 Å². The van der Waals surface area contributed by atoms with Crippen molar-refractivity contribution in [3.8, 4) is 17.2 Å². The summed E-state index contributed by atoms with van der Waals surface area (Å²) in [5.74, 6) is 0.278. The van der Waals surface area contributed by atoms with E-state index in [1.54, 1.807) is 30.5 Å². The first-order valence-electron chi connectivity index (χ1n) is 10.7. The number of rotatable bonds is 8. The zero-order valence-electron chi connectivity index (χ0n) is 18.1. The van der Waals surface area contributed by atoms with Crippen molar-refractivity contribution in [2.24, 2.45) is 0 Å². The first-order valence-corrected chi connectivity index (χ1v) is 11.0. The van der Waals surface area contributed by atoms with Gasteiger partial charge in [-0.25, -0.2) is 9.78 Å². The molecule has 1 aliphatic carbocycles. The largest absolute Gasteiger partial charge is 0.496 e. The highest BCUT2D eigenvalue weighted by atomic mass is 35.5. The van der Waals surface area contributed by atoms with Crippen molar-refractivity contribution < 1.29 is 24.5 Å². The molecule has 33 heavy (non-hydrogen) atoms. The predicted octanol–water partition coefficient (Wildman–Crippen LogP) is 4.41. The number of pyridine rings is 1. The topological polar surface area (TPSA) is 101 Å². The molecule has 0 amide bonds. The number of carboxylic acid groups (broad SMARTS) is 1. The second-order valence-corrected chi connectivity index (χ2v) is 8.37. The number of methoxy groups -OCH3 is 1. The monoisotopic (exact) mass is 468 g/mol. The number of aliphatic hydroxyl groups excluding tert-OH is 1. The number of hydrogen-bond acceptors (Lipinski definition) is 6. The summed E-state index contributed by atoms with van der Waals surface area (Å²) in [4.78, 5) is 15.5. The number of fused-ring (bicyclic) bond motifs is 1. The molecule has 3 N–H and O–H groups in total. The van der Waals surface area contributed by atoms with Crippen molar-refractivity contribution in [1.29, 1.82) is 0 Å². The molecule has 4 rings (SSSR count). The molecule has 0 unspecified atom stereocenters. The summed E-state index contributed by atoms with van der Waals surface area (Å²) < 4.78 is 11.0. The van der Waals surface area contributed by atoms with Crippen LogP contribution in [-0.4, -0.2) is 40.9 Å². The fourth-order valence-corrected chi connectivity index (χ4v) is 4.12. The van der Waals surface area contributed by atoms with Crippen molar-refractivity contribution in [1.82, 2.24) is 10.3 Å². The molecular formula is C25H25ClN2O5. The smallest absolute Gasteiger partial charge is 0.339 e. The Morgan fingerprint density at radius 1 is 1.18 bits per heavy atom. The Kier molecular flexibility index (Phi) is 7.13. The van der Waals surface area contributed by atoms with Gasteiger partial charge < -0.3 is 25.0 Å². The summed E-state index contributed by atoms with van der Waals surface area (Å²) in [7, 11) is 1.43. The van der Waals surface area contributed by atoms with Crippen LogP contribution < -0.4 is 14.8 Å². The van der Waals surface area contributed by atoms with E-state index in [0.29, 0.717) is 23.2 Å². The van der Waals surface area contributed by atoms with Gasteiger partial charge >= 0.3 is 5.97 Å². The van der Waals surface area contributed by atoms with E-state index in [2.05, 4.69) is 16.4 Å². The number of aromatic nitrogens is 1. The molecule has 2 aromatic carbocycles. The quantitative estimate of drug-likeness (QED) is 0.421. The van der Waals surface area contributed by atoms with Crippen LogP contribution in [0.5, 0.6) is 17.2 Å². The number of aliphatic hydroxyl groups is 1. The van der Waals surface area contributed by atoms with E-state index in [-0.39, 0.29) is 17.4 Å². The molecule has 3 aromatic rings. The lowest BCUT2D eigenvalue weighted by Crippen LogP contribution is -2.37. The average molecular weight is 469 g/mol.